The monoisotopic (exact) mass is 463 g/mol. The summed E-state index contributed by atoms with van der Waals surface area (Å²) in [6, 6.07) is 0.267. The molecule has 1 aromatic rings. The highest BCUT2D eigenvalue weighted by Gasteiger charge is 2.59. The van der Waals surface area contributed by atoms with E-state index in [0.29, 0.717) is 6.07 Å². The summed E-state index contributed by atoms with van der Waals surface area (Å²) in [7, 11) is 0. The topological polar surface area (TPSA) is 26.0 Å². The standard InChI is InChI=1S/C11H7Br2F8N/c1-4-2-5(8(14,15)10(12,18)19)3-6(7(4)22)9(16,17)11(13,20)21/h2-3H,22H2,1H3. The number of rotatable bonds is 4. The third-order valence-corrected chi connectivity index (χ3v) is 3.80. The van der Waals surface area contributed by atoms with Crippen molar-refractivity contribution in [3.8, 4) is 0 Å². The molecule has 0 saturated carbocycles. The SMILES string of the molecule is Cc1cc(C(F)(F)C(F)(F)Br)cc(C(F)(F)C(F)(F)Br)c1N. The van der Waals surface area contributed by atoms with Crippen LogP contribution in [0.4, 0.5) is 40.8 Å². The van der Waals surface area contributed by atoms with Crippen molar-refractivity contribution in [3.63, 3.8) is 0 Å². The Labute approximate surface area is 136 Å². The molecule has 0 saturated heterocycles. The highest BCUT2D eigenvalue weighted by molar-refractivity contribution is 9.10. The third kappa shape index (κ3) is 3.19. The Morgan fingerprint density at radius 3 is 1.59 bits per heavy atom. The zero-order valence-corrected chi connectivity index (χ0v) is 13.7. The van der Waals surface area contributed by atoms with Gasteiger partial charge in [-0.1, -0.05) is 0 Å². The van der Waals surface area contributed by atoms with Crippen molar-refractivity contribution in [1.29, 1.82) is 0 Å². The minimum absolute atomic E-state index is 0.160. The van der Waals surface area contributed by atoms with Gasteiger partial charge in [0.25, 0.3) is 0 Å². The Balaban J connectivity index is 3.65. The molecule has 0 bridgehead atoms. The van der Waals surface area contributed by atoms with Crippen LogP contribution in [-0.2, 0) is 11.8 Å². The van der Waals surface area contributed by atoms with Gasteiger partial charge >= 0.3 is 21.5 Å². The number of halogens is 10. The summed E-state index contributed by atoms with van der Waals surface area (Å²) in [5.74, 6) is -9.91. The summed E-state index contributed by atoms with van der Waals surface area (Å²) in [5.41, 5.74) is 0.579. The van der Waals surface area contributed by atoms with Gasteiger partial charge in [0.15, 0.2) is 0 Å². The summed E-state index contributed by atoms with van der Waals surface area (Å²) < 4.78 is 106. The second kappa shape index (κ2) is 5.50. The predicted molar refractivity (Wildman–Crippen MR) is 71.1 cm³/mol. The molecule has 11 heteroatoms. The van der Waals surface area contributed by atoms with Crippen molar-refractivity contribution in [1.82, 2.24) is 0 Å². The van der Waals surface area contributed by atoms with Crippen LogP contribution in [0.1, 0.15) is 16.7 Å². The second-order valence-electron chi connectivity index (χ2n) is 4.40. The fourth-order valence-electron chi connectivity index (χ4n) is 1.56. The number of benzene rings is 1. The van der Waals surface area contributed by atoms with Crippen LogP contribution in [0.15, 0.2) is 12.1 Å². The van der Waals surface area contributed by atoms with E-state index >= 15 is 0 Å². The number of hydrogen-bond donors (Lipinski definition) is 1. The van der Waals surface area contributed by atoms with Crippen molar-refractivity contribution < 1.29 is 35.1 Å². The second-order valence-corrected chi connectivity index (χ2v) is 6.39. The van der Waals surface area contributed by atoms with E-state index in [1.54, 1.807) is 0 Å². The Morgan fingerprint density at radius 2 is 1.23 bits per heavy atom. The molecule has 0 unspecified atom stereocenters. The third-order valence-electron chi connectivity index (χ3n) is 2.80. The van der Waals surface area contributed by atoms with E-state index in [-0.39, 0.29) is 6.07 Å². The molecule has 0 fully saturated rings. The van der Waals surface area contributed by atoms with Gasteiger partial charge in [-0.3, -0.25) is 0 Å². The zero-order valence-electron chi connectivity index (χ0n) is 10.5. The molecule has 2 N–H and O–H groups in total. The Hall–Kier alpha value is -0.580. The molecule has 0 aromatic heterocycles. The van der Waals surface area contributed by atoms with Gasteiger partial charge in [-0.25, -0.2) is 0 Å². The first-order valence-corrected chi connectivity index (χ1v) is 6.92. The van der Waals surface area contributed by atoms with E-state index in [1.807, 2.05) is 0 Å². The largest absolute Gasteiger partial charge is 0.398 e. The first kappa shape index (κ1) is 19.5. The van der Waals surface area contributed by atoms with Crippen molar-refractivity contribution in [3.05, 3.63) is 28.8 Å². The molecule has 0 atom stereocenters. The zero-order chi connectivity index (χ0) is 17.7. The lowest BCUT2D eigenvalue weighted by Gasteiger charge is -2.27. The molecule has 0 aliphatic rings. The number of aryl methyl sites for hydroxylation is 1. The van der Waals surface area contributed by atoms with E-state index in [4.69, 9.17) is 5.73 Å². The van der Waals surface area contributed by atoms with Crippen LogP contribution in [0, 0.1) is 6.92 Å². The fraction of sp³-hybridized carbons (Fsp3) is 0.455. The lowest BCUT2D eigenvalue weighted by molar-refractivity contribution is -0.158. The number of anilines is 1. The number of nitrogens with two attached hydrogens (primary N) is 1. The first-order valence-electron chi connectivity index (χ1n) is 5.33. The first-order chi connectivity index (χ1) is 9.53. The molecular formula is C11H7Br2F8N. The van der Waals surface area contributed by atoms with Gasteiger partial charge in [-0.15, -0.1) is 0 Å². The quantitative estimate of drug-likeness (QED) is 0.343. The normalized spacial score (nSPS) is 14.3. The highest BCUT2D eigenvalue weighted by atomic mass is 79.9. The lowest BCUT2D eigenvalue weighted by Crippen LogP contribution is -2.35. The number of alkyl halides is 10. The van der Waals surface area contributed by atoms with E-state index in [1.165, 1.54) is 31.9 Å². The molecular weight excluding hydrogens is 458 g/mol. The molecule has 126 valence electrons. The van der Waals surface area contributed by atoms with Crippen LogP contribution < -0.4 is 5.73 Å². The van der Waals surface area contributed by atoms with Crippen LogP contribution in [0.25, 0.3) is 0 Å². The molecule has 0 aliphatic heterocycles. The van der Waals surface area contributed by atoms with Crippen LogP contribution >= 0.6 is 31.9 Å². The summed E-state index contributed by atoms with van der Waals surface area (Å²) in [6.07, 6.45) is 0. The molecule has 1 nitrogen and oxygen atoms in total. The Morgan fingerprint density at radius 1 is 0.818 bits per heavy atom. The lowest BCUT2D eigenvalue weighted by atomic mass is 9.96. The summed E-state index contributed by atoms with van der Waals surface area (Å²) in [6.45, 7) is 0.952. The molecule has 0 radical (unpaired) electrons. The predicted octanol–water partition coefficient (Wildman–Crippen LogP) is 5.74. The van der Waals surface area contributed by atoms with Gasteiger partial charge in [0.05, 0.1) is 5.56 Å². The van der Waals surface area contributed by atoms with Crippen molar-refractivity contribution in [2.75, 3.05) is 5.73 Å². The summed E-state index contributed by atoms with van der Waals surface area (Å²) in [5, 5.41) is 0. The van der Waals surface area contributed by atoms with Crippen LogP contribution in [-0.4, -0.2) is 9.66 Å². The minimum Gasteiger partial charge on any atom is -0.398 e. The van der Waals surface area contributed by atoms with Gasteiger partial charge in [-0.05, 0) is 56.5 Å². The van der Waals surface area contributed by atoms with Crippen molar-refractivity contribution in [2.45, 2.75) is 28.4 Å². The highest BCUT2D eigenvalue weighted by Crippen LogP contribution is 2.52. The van der Waals surface area contributed by atoms with Crippen molar-refractivity contribution in [2.24, 2.45) is 0 Å². The van der Waals surface area contributed by atoms with Gasteiger partial charge < -0.3 is 5.73 Å². The molecule has 0 spiro atoms. The maximum absolute atomic E-state index is 13.6. The molecule has 0 amide bonds. The fourth-order valence-corrected chi connectivity index (χ4v) is 2.00. The summed E-state index contributed by atoms with van der Waals surface area (Å²) in [4.78, 5) is -9.59. The van der Waals surface area contributed by atoms with Crippen LogP contribution in [0.2, 0.25) is 0 Å². The molecule has 22 heavy (non-hydrogen) atoms. The van der Waals surface area contributed by atoms with E-state index in [9.17, 15) is 35.1 Å². The average Bonchev–Trinajstić information content (AvgIpc) is 2.28. The molecule has 1 rings (SSSR count). The average molecular weight is 465 g/mol. The van der Waals surface area contributed by atoms with E-state index < -0.39 is 43.9 Å². The van der Waals surface area contributed by atoms with Gasteiger partial charge in [0.1, 0.15) is 0 Å². The van der Waals surface area contributed by atoms with Gasteiger partial charge in [0.2, 0.25) is 0 Å². The van der Waals surface area contributed by atoms with E-state index in [0.717, 1.165) is 6.92 Å². The van der Waals surface area contributed by atoms with Gasteiger partial charge in [-0.2, -0.15) is 35.1 Å². The smallest absolute Gasteiger partial charge is 0.367 e. The number of nitrogen functional groups attached to an aromatic ring is 1. The molecule has 0 aliphatic carbocycles. The van der Waals surface area contributed by atoms with E-state index in [2.05, 4.69) is 0 Å². The Kier molecular flexibility index (Phi) is 4.87. The van der Waals surface area contributed by atoms with Crippen LogP contribution in [0.5, 0.6) is 0 Å². The summed E-state index contributed by atoms with van der Waals surface area (Å²) >= 11 is 2.86. The minimum atomic E-state index is -4.99. The van der Waals surface area contributed by atoms with Crippen molar-refractivity contribution >= 4 is 37.5 Å². The molecule has 1 aromatic carbocycles. The van der Waals surface area contributed by atoms with Crippen LogP contribution in [0.3, 0.4) is 0 Å². The maximum atomic E-state index is 13.6. The number of hydrogen-bond acceptors (Lipinski definition) is 1. The Bertz CT molecular complexity index is 577. The molecule has 0 heterocycles. The maximum Gasteiger partial charge on any atom is 0.367 e. The van der Waals surface area contributed by atoms with Gasteiger partial charge in [0, 0.05) is 11.3 Å².